The van der Waals surface area contributed by atoms with E-state index in [4.69, 9.17) is 15.5 Å². The summed E-state index contributed by atoms with van der Waals surface area (Å²) in [7, 11) is 0. The van der Waals surface area contributed by atoms with Gasteiger partial charge in [0.15, 0.2) is 0 Å². The smallest absolute Gasteiger partial charge is 0.307 e. The maximum Gasteiger partial charge on any atom is 0.307 e. The standard InChI is InChI=1S/C7H9NO4/c8-3-1-2-5(7(11)12)4-6(9)10/h5H,1-2,4H2,(H,9,10)(H,11,12)/t5-/m1/s1. The van der Waals surface area contributed by atoms with Gasteiger partial charge in [-0.15, -0.1) is 0 Å². The summed E-state index contributed by atoms with van der Waals surface area (Å²) in [6, 6.07) is 1.77. The van der Waals surface area contributed by atoms with Crippen LogP contribution < -0.4 is 0 Å². The number of nitrogens with zero attached hydrogens (tertiary/aromatic N) is 1. The quantitative estimate of drug-likeness (QED) is 0.626. The lowest BCUT2D eigenvalue weighted by Gasteiger charge is -2.05. The maximum absolute atomic E-state index is 10.4. The third-order valence-electron chi connectivity index (χ3n) is 1.37. The molecule has 0 radical (unpaired) electrons. The molecule has 0 bridgehead atoms. The highest BCUT2D eigenvalue weighted by Gasteiger charge is 2.19. The normalized spacial score (nSPS) is 11.6. The summed E-state index contributed by atoms with van der Waals surface area (Å²) < 4.78 is 0. The zero-order valence-electron chi connectivity index (χ0n) is 6.36. The maximum atomic E-state index is 10.4. The van der Waals surface area contributed by atoms with Gasteiger partial charge in [0.1, 0.15) is 0 Å². The molecule has 0 saturated heterocycles. The van der Waals surface area contributed by atoms with Crippen LogP contribution >= 0.6 is 0 Å². The van der Waals surface area contributed by atoms with Crippen LogP contribution in [0.1, 0.15) is 19.3 Å². The van der Waals surface area contributed by atoms with Gasteiger partial charge in [-0.2, -0.15) is 5.26 Å². The van der Waals surface area contributed by atoms with Crippen molar-refractivity contribution in [1.29, 1.82) is 5.26 Å². The number of aliphatic carboxylic acids is 2. The summed E-state index contributed by atoms with van der Waals surface area (Å²) >= 11 is 0. The molecular formula is C7H9NO4. The predicted molar refractivity (Wildman–Crippen MR) is 38.2 cm³/mol. The molecule has 0 spiro atoms. The largest absolute Gasteiger partial charge is 0.481 e. The van der Waals surface area contributed by atoms with Crippen LogP contribution in [-0.2, 0) is 9.59 Å². The van der Waals surface area contributed by atoms with Gasteiger partial charge in [0.25, 0.3) is 0 Å². The first-order valence-corrected chi connectivity index (χ1v) is 3.39. The molecule has 0 heterocycles. The van der Waals surface area contributed by atoms with Crippen molar-refractivity contribution in [3.8, 4) is 6.07 Å². The molecule has 5 heteroatoms. The lowest BCUT2D eigenvalue weighted by atomic mass is 10.0. The van der Waals surface area contributed by atoms with Crippen molar-refractivity contribution in [2.45, 2.75) is 19.3 Å². The first-order chi connectivity index (χ1) is 5.57. The van der Waals surface area contributed by atoms with Gasteiger partial charge in [0.2, 0.25) is 0 Å². The van der Waals surface area contributed by atoms with Crippen LogP contribution in [0.25, 0.3) is 0 Å². The number of carbonyl (C=O) groups is 2. The van der Waals surface area contributed by atoms with Crippen molar-refractivity contribution in [3.05, 3.63) is 0 Å². The number of nitriles is 1. The molecule has 0 unspecified atom stereocenters. The molecule has 5 nitrogen and oxygen atoms in total. The molecule has 0 fully saturated rings. The average Bonchev–Trinajstić information content (AvgIpc) is 1.96. The summed E-state index contributed by atoms with van der Waals surface area (Å²) in [5, 5.41) is 24.9. The molecule has 2 N–H and O–H groups in total. The van der Waals surface area contributed by atoms with Crippen molar-refractivity contribution in [1.82, 2.24) is 0 Å². The average molecular weight is 171 g/mol. The van der Waals surface area contributed by atoms with Crippen molar-refractivity contribution in [2.75, 3.05) is 0 Å². The molecule has 0 amide bonds. The van der Waals surface area contributed by atoms with E-state index in [1.165, 1.54) is 0 Å². The molecular weight excluding hydrogens is 162 g/mol. The third kappa shape index (κ3) is 4.28. The molecule has 66 valence electrons. The highest BCUT2D eigenvalue weighted by molar-refractivity contribution is 5.77. The van der Waals surface area contributed by atoms with E-state index in [-0.39, 0.29) is 12.8 Å². The monoisotopic (exact) mass is 171 g/mol. The molecule has 12 heavy (non-hydrogen) atoms. The second kappa shape index (κ2) is 5.13. The highest BCUT2D eigenvalue weighted by atomic mass is 16.4. The fourth-order valence-corrected chi connectivity index (χ4v) is 0.762. The van der Waals surface area contributed by atoms with Gasteiger partial charge in [0.05, 0.1) is 18.4 Å². The van der Waals surface area contributed by atoms with Crippen LogP contribution in [0.5, 0.6) is 0 Å². The van der Waals surface area contributed by atoms with E-state index in [0.29, 0.717) is 0 Å². The third-order valence-corrected chi connectivity index (χ3v) is 1.37. The Balaban J connectivity index is 3.97. The van der Waals surface area contributed by atoms with E-state index in [2.05, 4.69) is 0 Å². The molecule has 0 aromatic heterocycles. The molecule has 0 rings (SSSR count). The van der Waals surface area contributed by atoms with Gasteiger partial charge >= 0.3 is 11.9 Å². The van der Waals surface area contributed by atoms with Crippen molar-refractivity contribution < 1.29 is 19.8 Å². The second-order valence-electron chi connectivity index (χ2n) is 2.33. The highest BCUT2D eigenvalue weighted by Crippen LogP contribution is 2.10. The first kappa shape index (κ1) is 10.4. The number of hydrogen-bond acceptors (Lipinski definition) is 3. The number of rotatable bonds is 5. The van der Waals surface area contributed by atoms with Crippen molar-refractivity contribution in [3.63, 3.8) is 0 Å². The first-order valence-electron chi connectivity index (χ1n) is 3.39. The van der Waals surface area contributed by atoms with Crippen molar-refractivity contribution in [2.24, 2.45) is 5.92 Å². The summed E-state index contributed by atoms with van der Waals surface area (Å²) in [6.45, 7) is 0. The molecule has 0 aromatic carbocycles. The van der Waals surface area contributed by atoms with Gasteiger partial charge in [-0.1, -0.05) is 0 Å². The topological polar surface area (TPSA) is 98.4 Å². The number of carboxylic acid groups (broad SMARTS) is 2. The van der Waals surface area contributed by atoms with E-state index in [1.54, 1.807) is 6.07 Å². The van der Waals surface area contributed by atoms with Crippen molar-refractivity contribution >= 4 is 11.9 Å². The molecule has 0 aliphatic rings. The van der Waals surface area contributed by atoms with Gasteiger partial charge in [-0.25, -0.2) is 0 Å². The van der Waals surface area contributed by atoms with Gasteiger partial charge in [-0.3, -0.25) is 9.59 Å². The van der Waals surface area contributed by atoms with E-state index < -0.39 is 24.3 Å². The zero-order valence-corrected chi connectivity index (χ0v) is 6.36. The fraction of sp³-hybridized carbons (Fsp3) is 0.571. The van der Waals surface area contributed by atoms with Gasteiger partial charge < -0.3 is 10.2 Å². The second-order valence-corrected chi connectivity index (χ2v) is 2.33. The number of carboxylic acids is 2. The lowest BCUT2D eigenvalue weighted by molar-refractivity contribution is -0.148. The minimum Gasteiger partial charge on any atom is -0.481 e. The van der Waals surface area contributed by atoms with Crippen LogP contribution in [-0.4, -0.2) is 22.2 Å². The molecule has 0 saturated carbocycles. The van der Waals surface area contributed by atoms with E-state index >= 15 is 0 Å². The van der Waals surface area contributed by atoms with E-state index in [1.807, 2.05) is 0 Å². The Morgan fingerprint density at radius 1 is 1.42 bits per heavy atom. The minimum absolute atomic E-state index is 0.0737. The van der Waals surface area contributed by atoms with E-state index in [9.17, 15) is 9.59 Å². The van der Waals surface area contributed by atoms with Gasteiger partial charge in [0, 0.05) is 6.42 Å². The summed E-state index contributed by atoms with van der Waals surface area (Å²) in [5.74, 6) is -3.25. The molecule has 0 aliphatic heterocycles. The molecule has 0 aliphatic carbocycles. The fourth-order valence-electron chi connectivity index (χ4n) is 0.762. The Kier molecular flexibility index (Phi) is 4.46. The predicted octanol–water partition coefficient (Wildman–Crippen LogP) is 0.466. The van der Waals surface area contributed by atoms with Crippen LogP contribution in [0.4, 0.5) is 0 Å². The Morgan fingerprint density at radius 3 is 2.33 bits per heavy atom. The van der Waals surface area contributed by atoms with Crippen LogP contribution in [0.3, 0.4) is 0 Å². The Morgan fingerprint density at radius 2 is 2.00 bits per heavy atom. The van der Waals surface area contributed by atoms with Gasteiger partial charge in [-0.05, 0) is 6.42 Å². The van der Waals surface area contributed by atoms with Crippen LogP contribution in [0.2, 0.25) is 0 Å². The lowest BCUT2D eigenvalue weighted by Crippen LogP contribution is -2.17. The Hall–Kier alpha value is -1.57. The minimum atomic E-state index is -1.16. The van der Waals surface area contributed by atoms with Crippen LogP contribution in [0, 0.1) is 17.2 Å². The Labute approximate surface area is 69.2 Å². The zero-order chi connectivity index (χ0) is 9.56. The van der Waals surface area contributed by atoms with Crippen LogP contribution in [0.15, 0.2) is 0 Å². The SMILES string of the molecule is N#CCC[C@H](CC(=O)O)C(=O)O. The molecule has 0 aromatic rings. The molecule has 1 atom stereocenters. The van der Waals surface area contributed by atoms with E-state index in [0.717, 1.165) is 0 Å². The number of hydrogen-bond donors (Lipinski definition) is 2. The summed E-state index contributed by atoms with van der Waals surface area (Å²) in [5.41, 5.74) is 0. The summed E-state index contributed by atoms with van der Waals surface area (Å²) in [6.07, 6.45) is -0.251. The summed E-state index contributed by atoms with van der Waals surface area (Å²) in [4.78, 5) is 20.5. The Bertz CT molecular complexity index is 218.